The summed E-state index contributed by atoms with van der Waals surface area (Å²) in [6, 6.07) is 16.0. The molecule has 1 aliphatic rings. The smallest absolute Gasteiger partial charge is 0.253 e. The molecule has 5 nitrogen and oxygen atoms in total. The third-order valence-corrected chi connectivity index (χ3v) is 5.73. The average molecular weight is 555 g/mol. The standard InChI is InChI=1S/C24H31ClN4O.HI/c1-4-26-23(28-17-24(13-14-24)20-8-10-21(25)11-9-20)27-15-12-18-6-5-7-19(16-18)22(30)29(2)3;/h5-11,16H,4,12-15,17H2,1-3H3,(H2,26,27,28);1H. The fourth-order valence-corrected chi connectivity index (χ4v) is 3.63. The summed E-state index contributed by atoms with van der Waals surface area (Å²) in [4.78, 5) is 18.6. The van der Waals surface area contributed by atoms with E-state index in [1.165, 1.54) is 5.56 Å². The molecule has 1 aliphatic carbocycles. The molecule has 1 saturated carbocycles. The Bertz CT molecular complexity index is 895. The summed E-state index contributed by atoms with van der Waals surface area (Å²) in [5.41, 5.74) is 3.31. The van der Waals surface area contributed by atoms with Gasteiger partial charge in [-0.3, -0.25) is 9.79 Å². The Kier molecular flexibility index (Phi) is 9.62. The van der Waals surface area contributed by atoms with Gasteiger partial charge in [0.25, 0.3) is 5.91 Å². The highest BCUT2D eigenvalue weighted by Gasteiger charge is 2.44. The van der Waals surface area contributed by atoms with Crippen LogP contribution in [-0.4, -0.2) is 50.5 Å². The van der Waals surface area contributed by atoms with Crippen LogP contribution >= 0.6 is 35.6 Å². The number of amides is 1. The number of benzene rings is 2. The van der Waals surface area contributed by atoms with Gasteiger partial charge in [0.15, 0.2) is 5.96 Å². The van der Waals surface area contributed by atoms with Gasteiger partial charge < -0.3 is 15.5 Å². The number of carbonyl (C=O) groups excluding carboxylic acids is 1. The quantitative estimate of drug-likeness (QED) is 0.287. The van der Waals surface area contributed by atoms with Crippen LogP contribution in [0, 0.1) is 0 Å². The maximum Gasteiger partial charge on any atom is 0.253 e. The molecule has 2 N–H and O–H groups in total. The van der Waals surface area contributed by atoms with Crippen LogP contribution in [-0.2, 0) is 11.8 Å². The van der Waals surface area contributed by atoms with Crippen LogP contribution in [0.2, 0.25) is 5.02 Å². The number of hydrogen-bond donors (Lipinski definition) is 2. The highest BCUT2D eigenvalue weighted by molar-refractivity contribution is 14.0. The summed E-state index contributed by atoms with van der Waals surface area (Å²) in [6.45, 7) is 4.39. The summed E-state index contributed by atoms with van der Waals surface area (Å²) >= 11 is 6.03. The van der Waals surface area contributed by atoms with Crippen LogP contribution in [0.15, 0.2) is 53.5 Å². The van der Waals surface area contributed by atoms with Crippen molar-refractivity contribution >= 4 is 47.4 Å². The lowest BCUT2D eigenvalue weighted by Crippen LogP contribution is -2.39. The van der Waals surface area contributed by atoms with E-state index in [0.717, 1.165) is 61.0 Å². The van der Waals surface area contributed by atoms with Crippen molar-refractivity contribution in [3.63, 3.8) is 0 Å². The van der Waals surface area contributed by atoms with Gasteiger partial charge in [-0.1, -0.05) is 35.9 Å². The van der Waals surface area contributed by atoms with E-state index in [1.54, 1.807) is 19.0 Å². The minimum Gasteiger partial charge on any atom is -0.357 e. The van der Waals surface area contributed by atoms with Crippen LogP contribution in [0.1, 0.15) is 41.3 Å². The van der Waals surface area contributed by atoms with Crippen molar-refractivity contribution in [1.82, 2.24) is 15.5 Å². The van der Waals surface area contributed by atoms with Gasteiger partial charge in [0.1, 0.15) is 0 Å². The Balaban J connectivity index is 0.00000341. The largest absolute Gasteiger partial charge is 0.357 e. The topological polar surface area (TPSA) is 56.7 Å². The van der Waals surface area contributed by atoms with Gasteiger partial charge in [-0.25, -0.2) is 0 Å². The molecule has 0 aliphatic heterocycles. The zero-order valence-corrected chi connectivity index (χ0v) is 21.5. The van der Waals surface area contributed by atoms with Gasteiger partial charge in [-0.2, -0.15) is 0 Å². The number of guanidine groups is 1. The Morgan fingerprint density at radius 1 is 1.13 bits per heavy atom. The number of hydrogen-bond acceptors (Lipinski definition) is 2. The second-order valence-electron chi connectivity index (χ2n) is 8.06. The lowest BCUT2D eigenvalue weighted by Gasteiger charge is -2.16. The molecule has 1 amide bonds. The van der Waals surface area contributed by atoms with Gasteiger partial charge in [0.2, 0.25) is 0 Å². The van der Waals surface area contributed by atoms with E-state index in [1.807, 2.05) is 30.3 Å². The maximum atomic E-state index is 12.2. The Hall–Kier alpha value is -1.80. The monoisotopic (exact) mass is 554 g/mol. The zero-order valence-electron chi connectivity index (χ0n) is 18.5. The van der Waals surface area contributed by atoms with Crippen LogP contribution in [0.5, 0.6) is 0 Å². The Morgan fingerprint density at radius 3 is 2.45 bits per heavy atom. The zero-order chi connectivity index (χ0) is 21.6. The molecule has 0 bridgehead atoms. The molecule has 0 heterocycles. The van der Waals surface area contributed by atoms with Gasteiger partial charge in [-0.05, 0) is 61.6 Å². The minimum atomic E-state index is 0. The fourth-order valence-electron chi connectivity index (χ4n) is 3.51. The number of carbonyl (C=O) groups is 1. The average Bonchev–Trinajstić information content (AvgIpc) is 3.53. The lowest BCUT2D eigenvalue weighted by molar-refractivity contribution is 0.0827. The molecule has 0 aromatic heterocycles. The van der Waals surface area contributed by atoms with Crippen molar-refractivity contribution in [2.24, 2.45) is 4.99 Å². The molecular formula is C24H32ClIN4O. The molecule has 168 valence electrons. The summed E-state index contributed by atoms with van der Waals surface area (Å²) in [7, 11) is 3.54. The van der Waals surface area contributed by atoms with Crippen molar-refractivity contribution in [1.29, 1.82) is 0 Å². The molecule has 0 unspecified atom stereocenters. The molecule has 0 atom stereocenters. The first-order valence-electron chi connectivity index (χ1n) is 10.5. The lowest BCUT2D eigenvalue weighted by atomic mass is 9.96. The summed E-state index contributed by atoms with van der Waals surface area (Å²) in [5.74, 6) is 0.856. The maximum absolute atomic E-state index is 12.2. The number of rotatable bonds is 8. The molecule has 2 aromatic carbocycles. The highest BCUT2D eigenvalue weighted by atomic mass is 127. The molecule has 3 rings (SSSR count). The predicted octanol–water partition coefficient (Wildman–Crippen LogP) is 4.49. The first-order valence-corrected chi connectivity index (χ1v) is 10.9. The van der Waals surface area contributed by atoms with Crippen molar-refractivity contribution < 1.29 is 4.79 Å². The molecule has 7 heteroatoms. The second kappa shape index (κ2) is 11.7. The fraction of sp³-hybridized carbons (Fsp3) is 0.417. The third-order valence-electron chi connectivity index (χ3n) is 5.48. The van der Waals surface area contributed by atoms with E-state index in [9.17, 15) is 4.79 Å². The molecular weight excluding hydrogens is 523 g/mol. The molecule has 31 heavy (non-hydrogen) atoms. The molecule has 1 fully saturated rings. The number of nitrogens with one attached hydrogen (secondary N) is 2. The molecule has 0 spiro atoms. The van der Waals surface area contributed by atoms with E-state index in [0.29, 0.717) is 0 Å². The van der Waals surface area contributed by atoms with Crippen LogP contribution < -0.4 is 10.6 Å². The van der Waals surface area contributed by atoms with E-state index >= 15 is 0 Å². The summed E-state index contributed by atoms with van der Waals surface area (Å²) < 4.78 is 0. The van der Waals surface area contributed by atoms with E-state index in [-0.39, 0.29) is 35.3 Å². The normalized spacial score (nSPS) is 14.4. The Labute approximate surface area is 207 Å². The molecule has 0 radical (unpaired) electrons. The van der Waals surface area contributed by atoms with Crippen LogP contribution in [0.3, 0.4) is 0 Å². The summed E-state index contributed by atoms with van der Waals surface area (Å²) in [5, 5.41) is 7.52. The van der Waals surface area contributed by atoms with Gasteiger partial charge in [-0.15, -0.1) is 24.0 Å². The number of nitrogens with zero attached hydrogens (tertiary/aromatic N) is 2. The Morgan fingerprint density at radius 2 is 1.84 bits per heavy atom. The van der Waals surface area contributed by atoms with Gasteiger partial charge >= 0.3 is 0 Å². The van der Waals surface area contributed by atoms with Gasteiger partial charge in [0.05, 0.1) is 6.54 Å². The predicted molar refractivity (Wildman–Crippen MR) is 140 cm³/mol. The number of aliphatic imine (C=N–C) groups is 1. The first kappa shape index (κ1) is 25.5. The van der Waals surface area contributed by atoms with Crippen molar-refractivity contribution in [2.75, 3.05) is 33.7 Å². The third kappa shape index (κ3) is 7.10. The highest BCUT2D eigenvalue weighted by Crippen LogP contribution is 2.48. The van der Waals surface area contributed by atoms with E-state index < -0.39 is 0 Å². The summed E-state index contributed by atoms with van der Waals surface area (Å²) in [6.07, 6.45) is 3.13. The second-order valence-corrected chi connectivity index (χ2v) is 8.50. The minimum absolute atomic E-state index is 0. The van der Waals surface area contributed by atoms with Crippen molar-refractivity contribution in [3.05, 3.63) is 70.2 Å². The molecule has 2 aromatic rings. The van der Waals surface area contributed by atoms with Crippen molar-refractivity contribution in [2.45, 2.75) is 31.6 Å². The van der Waals surface area contributed by atoms with E-state index in [2.05, 4.69) is 35.8 Å². The van der Waals surface area contributed by atoms with Crippen molar-refractivity contribution in [3.8, 4) is 0 Å². The first-order chi connectivity index (χ1) is 14.4. The van der Waals surface area contributed by atoms with Crippen LogP contribution in [0.25, 0.3) is 0 Å². The SMILES string of the molecule is CCNC(=NCC1(c2ccc(Cl)cc2)CC1)NCCc1cccc(C(=O)N(C)C)c1.I. The van der Waals surface area contributed by atoms with E-state index in [4.69, 9.17) is 16.6 Å². The molecule has 0 saturated heterocycles. The van der Waals surface area contributed by atoms with Gasteiger partial charge in [0, 0.05) is 43.2 Å². The van der Waals surface area contributed by atoms with Crippen LogP contribution in [0.4, 0.5) is 0 Å². The number of halogens is 2.